The summed E-state index contributed by atoms with van der Waals surface area (Å²) in [5.74, 6) is -1.29. The monoisotopic (exact) mass is 458 g/mol. The molecule has 7 nitrogen and oxygen atoms in total. The second kappa shape index (κ2) is 10.7. The van der Waals surface area contributed by atoms with Crippen molar-refractivity contribution in [1.29, 1.82) is 0 Å². The van der Waals surface area contributed by atoms with Gasteiger partial charge in [-0.3, -0.25) is 9.59 Å². The highest BCUT2D eigenvalue weighted by Crippen LogP contribution is 2.28. The predicted molar refractivity (Wildman–Crippen MR) is 123 cm³/mol. The standard InChI is InChI=1S/C24H30N2O5S/c1-3-18(2)23(19-9-5-4-6-10-19)24(28)31-17-22(27)25-20-11-13-21(14-12-20)32(29,30)26-15-7-8-16-26/h4-6,9-14,18,23H,3,7-8,15-17H2,1-2H3,(H,25,27). The molecule has 2 aromatic carbocycles. The maximum atomic E-state index is 12.7. The van der Waals surface area contributed by atoms with Crippen LogP contribution in [0.3, 0.4) is 0 Å². The van der Waals surface area contributed by atoms with E-state index in [0.29, 0.717) is 18.8 Å². The fourth-order valence-corrected chi connectivity index (χ4v) is 5.32. The summed E-state index contributed by atoms with van der Waals surface area (Å²) in [6.45, 7) is 4.65. The van der Waals surface area contributed by atoms with Crippen LogP contribution in [0.2, 0.25) is 0 Å². The van der Waals surface area contributed by atoms with Gasteiger partial charge in [-0.1, -0.05) is 50.6 Å². The molecule has 1 N–H and O–H groups in total. The molecule has 1 aliphatic heterocycles. The van der Waals surface area contributed by atoms with E-state index in [4.69, 9.17) is 4.74 Å². The predicted octanol–water partition coefficient (Wildman–Crippen LogP) is 3.78. The summed E-state index contributed by atoms with van der Waals surface area (Å²) in [5.41, 5.74) is 1.30. The molecule has 1 heterocycles. The molecule has 2 unspecified atom stereocenters. The van der Waals surface area contributed by atoms with Gasteiger partial charge in [0, 0.05) is 18.8 Å². The fraction of sp³-hybridized carbons (Fsp3) is 0.417. The molecule has 3 rings (SSSR count). The van der Waals surface area contributed by atoms with Crippen LogP contribution in [0.4, 0.5) is 5.69 Å². The van der Waals surface area contributed by atoms with Crippen molar-refractivity contribution in [2.24, 2.45) is 5.92 Å². The lowest BCUT2D eigenvalue weighted by Crippen LogP contribution is -2.28. The number of benzene rings is 2. The molecule has 1 aliphatic rings. The van der Waals surface area contributed by atoms with Crippen LogP contribution < -0.4 is 5.32 Å². The quantitative estimate of drug-likeness (QED) is 0.577. The van der Waals surface area contributed by atoms with Crippen molar-refractivity contribution < 1.29 is 22.7 Å². The third kappa shape index (κ3) is 5.75. The Morgan fingerprint density at radius 2 is 1.66 bits per heavy atom. The number of amides is 1. The molecule has 1 fully saturated rings. The van der Waals surface area contributed by atoms with Gasteiger partial charge < -0.3 is 10.1 Å². The summed E-state index contributed by atoms with van der Waals surface area (Å²) in [6.07, 6.45) is 2.54. The van der Waals surface area contributed by atoms with Gasteiger partial charge in [-0.05, 0) is 48.6 Å². The van der Waals surface area contributed by atoms with E-state index in [1.807, 2.05) is 44.2 Å². The molecule has 0 aromatic heterocycles. The summed E-state index contributed by atoms with van der Waals surface area (Å²) >= 11 is 0. The SMILES string of the molecule is CCC(C)C(C(=O)OCC(=O)Nc1ccc(S(=O)(=O)N2CCCC2)cc1)c1ccccc1. The number of nitrogens with zero attached hydrogens (tertiary/aromatic N) is 1. The van der Waals surface area contributed by atoms with Crippen LogP contribution in [-0.4, -0.2) is 44.3 Å². The maximum Gasteiger partial charge on any atom is 0.314 e. The van der Waals surface area contributed by atoms with Crippen LogP contribution in [0.5, 0.6) is 0 Å². The number of anilines is 1. The zero-order valence-electron chi connectivity index (χ0n) is 18.5. The molecule has 8 heteroatoms. The molecule has 0 spiro atoms. The smallest absolute Gasteiger partial charge is 0.314 e. The average Bonchev–Trinajstić information content (AvgIpc) is 3.35. The highest BCUT2D eigenvalue weighted by atomic mass is 32.2. The van der Waals surface area contributed by atoms with Gasteiger partial charge in [0.1, 0.15) is 0 Å². The minimum Gasteiger partial charge on any atom is -0.455 e. The molecule has 32 heavy (non-hydrogen) atoms. The van der Waals surface area contributed by atoms with Crippen molar-refractivity contribution in [3.05, 3.63) is 60.2 Å². The zero-order chi connectivity index (χ0) is 23.1. The fourth-order valence-electron chi connectivity index (χ4n) is 3.80. The molecular weight excluding hydrogens is 428 g/mol. The first-order valence-corrected chi connectivity index (χ1v) is 12.4. The Bertz CT molecular complexity index is 1020. The van der Waals surface area contributed by atoms with E-state index in [0.717, 1.165) is 24.8 Å². The van der Waals surface area contributed by atoms with Crippen LogP contribution in [-0.2, 0) is 24.3 Å². The van der Waals surface area contributed by atoms with E-state index >= 15 is 0 Å². The van der Waals surface area contributed by atoms with E-state index in [2.05, 4.69) is 5.32 Å². The second-order valence-corrected chi connectivity index (χ2v) is 10.0. The zero-order valence-corrected chi connectivity index (χ0v) is 19.3. The number of ether oxygens (including phenoxy) is 1. The third-order valence-corrected chi connectivity index (χ3v) is 7.72. The van der Waals surface area contributed by atoms with Gasteiger partial charge in [0.05, 0.1) is 10.8 Å². The van der Waals surface area contributed by atoms with Gasteiger partial charge in [0.15, 0.2) is 6.61 Å². The Kier molecular flexibility index (Phi) is 8.04. The number of sulfonamides is 1. The number of nitrogens with one attached hydrogen (secondary N) is 1. The maximum absolute atomic E-state index is 12.7. The van der Waals surface area contributed by atoms with E-state index in [9.17, 15) is 18.0 Å². The van der Waals surface area contributed by atoms with Crippen LogP contribution in [0.25, 0.3) is 0 Å². The van der Waals surface area contributed by atoms with Crippen molar-refractivity contribution in [3.63, 3.8) is 0 Å². The Morgan fingerprint density at radius 1 is 1.03 bits per heavy atom. The largest absolute Gasteiger partial charge is 0.455 e. The van der Waals surface area contributed by atoms with Gasteiger partial charge in [-0.2, -0.15) is 4.31 Å². The van der Waals surface area contributed by atoms with Crippen LogP contribution >= 0.6 is 0 Å². The van der Waals surface area contributed by atoms with Crippen molar-refractivity contribution in [3.8, 4) is 0 Å². The Balaban J connectivity index is 1.57. The molecule has 1 amide bonds. The van der Waals surface area contributed by atoms with Crippen LogP contribution in [0.15, 0.2) is 59.5 Å². The summed E-state index contributed by atoms with van der Waals surface area (Å²) in [5, 5.41) is 2.64. The summed E-state index contributed by atoms with van der Waals surface area (Å²) < 4.78 is 32.0. The summed E-state index contributed by atoms with van der Waals surface area (Å²) in [6, 6.07) is 15.4. The van der Waals surface area contributed by atoms with Crippen molar-refractivity contribution >= 4 is 27.6 Å². The normalized spacial score (nSPS) is 16.3. The van der Waals surface area contributed by atoms with Gasteiger partial charge >= 0.3 is 5.97 Å². The number of rotatable bonds is 9. The molecule has 0 radical (unpaired) electrons. The lowest BCUT2D eigenvalue weighted by molar-refractivity contribution is -0.150. The number of carbonyl (C=O) groups is 2. The first-order chi connectivity index (χ1) is 15.3. The number of hydrogen-bond acceptors (Lipinski definition) is 5. The van der Waals surface area contributed by atoms with E-state index in [1.54, 1.807) is 0 Å². The molecule has 0 saturated carbocycles. The highest BCUT2D eigenvalue weighted by molar-refractivity contribution is 7.89. The summed E-state index contributed by atoms with van der Waals surface area (Å²) in [4.78, 5) is 25.2. The van der Waals surface area contributed by atoms with Crippen molar-refractivity contribution in [1.82, 2.24) is 4.31 Å². The van der Waals surface area contributed by atoms with Crippen LogP contribution in [0.1, 0.15) is 44.6 Å². The topological polar surface area (TPSA) is 92.8 Å². The van der Waals surface area contributed by atoms with E-state index in [-0.39, 0.29) is 10.8 Å². The lowest BCUT2D eigenvalue weighted by atomic mass is 9.86. The highest BCUT2D eigenvalue weighted by Gasteiger charge is 2.28. The first kappa shape index (κ1) is 23.9. The second-order valence-electron chi connectivity index (χ2n) is 8.07. The Morgan fingerprint density at radius 3 is 2.25 bits per heavy atom. The first-order valence-electron chi connectivity index (χ1n) is 10.9. The van der Waals surface area contributed by atoms with Gasteiger partial charge in [-0.25, -0.2) is 8.42 Å². The third-order valence-electron chi connectivity index (χ3n) is 5.81. The molecule has 2 aromatic rings. The Labute approximate surface area is 189 Å². The van der Waals surface area contributed by atoms with E-state index < -0.39 is 34.4 Å². The number of carbonyl (C=O) groups excluding carboxylic acids is 2. The molecular formula is C24H30N2O5S. The Hall–Kier alpha value is -2.71. The van der Waals surface area contributed by atoms with Crippen molar-refractivity contribution in [2.75, 3.05) is 25.0 Å². The summed E-state index contributed by atoms with van der Waals surface area (Å²) in [7, 11) is -3.50. The molecule has 2 atom stereocenters. The minimum absolute atomic E-state index is 0.0676. The van der Waals surface area contributed by atoms with Crippen LogP contribution in [0, 0.1) is 5.92 Å². The molecule has 0 bridgehead atoms. The van der Waals surface area contributed by atoms with E-state index in [1.165, 1.54) is 28.6 Å². The molecule has 0 aliphatic carbocycles. The minimum atomic E-state index is -3.50. The van der Waals surface area contributed by atoms with Gasteiger partial charge in [0.2, 0.25) is 10.0 Å². The van der Waals surface area contributed by atoms with Gasteiger partial charge in [-0.15, -0.1) is 0 Å². The number of esters is 1. The number of hydrogen-bond donors (Lipinski definition) is 1. The molecule has 172 valence electrons. The lowest BCUT2D eigenvalue weighted by Gasteiger charge is -2.21. The van der Waals surface area contributed by atoms with Gasteiger partial charge in [0.25, 0.3) is 5.91 Å². The average molecular weight is 459 g/mol. The van der Waals surface area contributed by atoms with Crippen molar-refractivity contribution in [2.45, 2.75) is 43.9 Å². The molecule has 1 saturated heterocycles.